The highest BCUT2D eigenvalue weighted by molar-refractivity contribution is 5.80. The van der Waals surface area contributed by atoms with E-state index in [4.69, 9.17) is 6.42 Å². The number of hydrogen-bond acceptors (Lipinski definition) is 3. The van der Waals surface area contributed by atoms with Crippen LogP contribution in [0, 0.1) is 12.3 Å². The summed E-state index contributed by atoms with van der Waals surface area (Å²) in [5.74, 6) is 1.51. The normalized spacial score (nSPS) is 11.5. The zero-order valence-electron chi connectivity index (χ0n) is 11.7. The van der Waals surface area contributed by atoms with Crippen molar-refractivity contribution >= 4 is 11.9 Å². The van der Waals surface area contributed by atoms with E-state index in [1.807, 2.05) is 0 Å². The second-order valence-electron chi connectivity index (χ2n) is 4.39. The molecule has 0 rings (SSSR count). The van der Waals surface area contributed by atoms with Crippen LogP contribution in [-0.2, 0) is 14.3 Å². The van der Waals surface area contributed by atoms with Crippen LogP contribution in [0.2, 0.25) is 0 Å². The summed E-state index contributed by atoms with van der Waals surface area (Å²) in [7, 11) is 2.85. The number of halogens is 1. The molecule has 0 bridgehead atoms. The molecule has 0 heterocycles. The lowest BCUT2D eigenvalue weighted by molar-refractivity contribution is -0.140. The molecular weight excluding hydrogens is 249 g/mol. The molecule has 0 aromatic rings. The van der Waals surface area contributed by atoms with Crippen molar-refractivity contribution in [2.75, 3.05) is 20.7 Å². The second kappa shape index (κ2) is 10.4. The fraction of sp³-hybridized carbons (Fsp3) is 0.714. The number of nitrogens with zero attached hydrogens (tertiary/aromatic N) is 1. The van der Waals surface area contributed by atoms with Gasteiger partial charge in [-0.1, -0.05) is 25.2 Å². The summed E-state index contributed by atoms with van der Waals surface area (Å²) in [5.41, 5.74) is 0. The van der Waals surface area contributed by atoms with Crippen molar-refractivity contribution in [2.45, 2.75) is 44.7 Å². The standard InChI is InChI=1S/C14H22FNO3/c1-4-11-16(2)14(18)12(15)9-7-5-6-8-10-13(17)19-3/h1,12H,5-11H2,2-3H3. The molecule has 0 saturated carbocycles. The molecule has 1 atom stereocenters. The first kappa shape index (κ1) is 17.4. The number of carbonyl (C=O) groups excluding carboxylic acids is 2. The van der Waals surface area contributed by atoms with Gasteiger partial charge in [0.25, 0.3) is 5.91 Å². The first-order valence-corrected chi connectivity index (χ1v) is 6.42. The molecule has 108 valence electrons. The third-order valence-corrected chi connectivity index (χ3v) is 2.79. The van der Waals surface area contributed by atoms with E-state index in [0.717, 1.165) is 19.3 Å². The number of hydrogen-bond donors (Lipinski definition) is 0. The summed E-state index contributed by atoms with van der Waals surface area (Å²) in [4.78, 5) is 23.5. The van der Waals surface area contributed by atoms with Gasteiger partial charge in [0.2, 0.25) is 0 Å². The van der Waals surface area contributed by atoms with E-state index in [2.05, 4.69) is 10.7 Å². The number of alkyl halides is 1. The van der Waals surface area contributed by atoms with Crippen molar-refractivity contribution in [2.24, 2.45) is 0 Å². The van der Waals surface area contributed by atoms with E-state index in [-0.39, 0.29) is 18.9 Å². The average Bonchev–Trinajstić information content (AvgIpc) is 2.41. The van der Waals surface area contributed by atoms with Gasteiger partial charge in [0.15, 0.2) is 6.17 Å². The van der Waals surface area contributed by atoms with Gasteiger partial charge in [0.1, 0.15) is 0 Å². The summed E-state index contributed by atoms with van der Waals surface area (Å²) in [6, 6.07) is 0. The van der Waals surface area contributed by atoms with Crippen LogP contribution in [-0.4, -0.2) is 43.7 Å². The minimum Gasteiger partial charge on any atom is -0.469 e. The zero-order chi connectivity index (χ0) is 14.7. The summed E-state index contributed by atoms with van der Waals surface area (Å²) in [6.07, 6.45) is 7.13. The predicted octanol–water partition coefficient (Wildman–Crippen LogP) is 1.93. The lowest BCUT2D eigenvalue weighted by Crippen LogP contribution is -2.34. The van der Waals surface area contributed by atoms with Crippen molar-refractivity contribution in [3.63, 3.8) is 0 Å². The van der Waals surface area contributed by atoms with Crippen LogP contribution < -0.4 is 0 Å². The molecule has 0 N–H and O–H groups in total. The largest absolute Gasteiger partial charge is 0.469 e. The minimum absolute atomic E-state index is 0.123. The summed E-state index contributed by atoms with van der Waals surface area (Å²) < 4.78 is 18.0. The number of rotatable bonds is 9. The summed E-state index contributed by atoms with van der Waals surface area (Å²) in [5, 5.41) is 0. The van der Waals surface area contributed by atoms with Gasteiger partial charge < -0.3 is 9.64 Å². The monoisotopic (exact) mass is 271 g/mol. The zero-order valence-corrected chi connectivity index (χ0v) is 11.7. The third-order valence-electron chi connectivity index (χ3n) is 2.79. The molecule has 5 heteroatoms. The quantitative estimate of drug-likeness (QED) is 0.366. The van der Waals surface area contributed by atoms with Gasteiger partial charge in [-0.25, -0.2) is 4.39 Å². The van der Waals surface area contributed by atoms with E-state index >= 15 is 0 Å². The number of esters is 1. The molecule has 0 aliphatic rings. The molecule has 0 radical (unpaired) electrons. The molecule has 0 aliphatic carbocycles. The maximum absolute atomic E-state index is 13.5. The van der Waals surface area contributed by atoms with Crippen LogP contribution in [0.3, 0.4) is 0 Å². The van der Waals surface area contributed by atoms with Crippen molar-refractivity contribution < 1.29 is 18.7 Å². The lowest BCUT2D eigenvalue weighted by Gasteiger charge is -2.16. The van der Waals surface area contributed by atoms with E-state index in [0.29, 0.717) is 12.8 Å². The Hall–Kier alpha value is -1.57. The second-order valence-corrected chi connectivity index (χ2v) is 4.39. The molecule has 4 nitrogen and oxygen atoms in total. The van der Waals surface area contributed by atoms with Crippen molar-refractivity contribution in [1.82, 2.24) is 4.90 Å². The number of carbonyl (C=O) groups is 2. The van der Waals surface area contributed by atoms with Crippen molar-refractivity contribution in [3.8, 4) is 12.3 Å². The highest BCUT2D eigenvalue weighted by Crippen LogP contribution is 2.11. The number of terminal acetylenes is 1. The maximum atomic E-state index is 13.5. The number of unbranched alkanes of at least 4 members (excludes halogenated alkanes) is 3. The highest BCUT2D eigenvalue weighted by atomic mass is 19.1. The average molecular weight is 271 g/mol. The summed E-state index contributed by atoms with van der Waals surface area (Å²) >= 11 is 0. The van der Waals surface area contributed by atoms with Gasteiger partial charge in [-0.15, -0.1) is 6.42 Å². The number of ether oxygens (including phenoxy) is 1. The van der Waals surface area contributed by atoms with Crippen LogP contribution in [0.1, 0.15) is 38.5 Å². The molecule has 1 unspecified atom stereocenters. The highest BCUT2D eigenvalue weighted by Gasteiger charge is 2.19. The lowest BCUT2D eigenvalue weighted by atomic mass is 10.1. The Morgan fingerprint density at radius 1 is 1.32 bits per heavy atom. The third kappa shape index (κ3) is 8.20. The van der Waals surface area contributed by atoms with Crippen LogP contribution >= 0.6 is 0 Å². The molecule has 0 spiro atoms. The van der Waals surface area contributed by atoms with Gasteiger partial charge in [0.05, 0.1) is 13.7 Å². The molecular formula is C14H22FNO3. The maximum Gasteiger partial charge on any atom is 0.305 e. The Morgan fingerprint density at radius 2 is 1.95 bits per heavy atom. The van der Waals surface area contributed by atoms with Crippen LogP contribution in [0.15, 0.2) is 0 Å². The summed E-state index contributed by atoms with van der Waals surface area (Å²) in [6.45, 7) is 0.123. The first-order valence-electron chi connectivity index (χ1n) is 6.42. The van der Waals surface area contributed by atoms with Gasteiger partial charge in [-0.05, 0) is 12.8 Å². The van der Waals surface area contributed by atoms with Crippen LogP contribution in [0.4, 0.5) is 4.39 Å². The molecule has 0 saturated heterocycles. The Balaban J connectivity index is 3.63. The van der Waals surface area contributed by atoms with Crippen LogP contribution in [0.25, 0.3) is 0 Å². The fourth-order valence-corrected chi connectivity index (χ4v) is 1.63. The van der Waals surface area contributed by atoms with Crippen molar-refractivity contribution in [1.29, 1.82) is 0 Å². The van der Waals surface area contributed by atoms with Crippen LogP contribution in [0.5, 0.6) is 0 Å². The molecule has 0 fully saturated rings. The SMILES string of the molecule is C#CCN(C)C(=O)C(F)CCCCCCC(=O)OC. The fourth-order valence-electron chi connectivity index (χ4n) is 1.63. The Labute approximate surface area is 114 Å². The van der Waals surface area contributed by atoms with E-state index in [9.17, 15) is 14.0 Å². The molecule has 0 aromatic heterocycles. The smallest absolute Gasteiger partial charge is 0.305 e. The van der Waals surface area contributed by atoms with Gasteiger partial charge >= 0.3 is 5.97 Å². The van der Waals surface area contributed by atoms with Gasteiger partial charge in [-0.3, -0.25) is 9.59 Å². The van der Waals surface area contributed by atoms with Gasteiger partial charge in [0, 0.05) is 13.5 Å². The van der Waals surface area contributed by atoms with Crippen molar-refractivity contribution in [3.05, 3.63) is 0 Å². The van der Waals surface area contributed by atoms with E-state index in [1.54, 1.807) is 0 Å². The van der Waals surface area contributed by atoms with Gasteiger partial charge in [-0.2, -0.15) is 0 Å². The molecule has 0 aliphatic heterocycles. The number of amides is 1. The minimum atomic E-state index is -1.49. The molecule has 1 amide bonds. The van der Waals surface area contributed by atoms with E-state index < -0.39 is 12.1 Å². The first-order chi connectivity index (χ1) is 9.02. The topological polar surface area (TPSA) is 46.6 Å². The molecule has 19 heavy (non-hydrogen) atoms. The number of methoxy groups -OCH3 is 1. The Morgan fingerprint density at radius 3 is 2.53 bits per heavy atom. The molecule has 0 aromatic carbocycles. The Kier molecular flexibility index (Phi) is 9.51. The Bertz CT molecular complexity index is 325. The predicted molar refractivity (Wildman–Crippen MR) is 71.1 cm³/mol. The van der Waals surface area contributed by atoms with E-state index in [1.165, 1.54) is 19.1 Å².